The molecule has 1 aromatic rings. The fraction of sp³-hybridized carbons (Fsp3) is 0.538. The van der Waals surface area contributed by atoms with Crippen molar-refractivity contribution in [3.05, 3.63) is 24.3 Å². The Morgan fingerprint density at radius 1 is 1.11 bits per heavy atom. The zero-order valence-electron chi connectivity index (χ0n) is 10.8. The Labute approximate surface area is 105 Å². The quantitative estimate of drug-likeness (QED) is 0.865. The van der Waals surface area contributed by atoms with E-state index in [-0.39, 0.29) is 11.2 Å². The molecule has 102 valence electrons. The van der Waals surface area contributed by atoms with E-state index < -0.39 is 6.36 Å². The third-order valence-electron chi connectivity index (χ3n) is 2.30. The summed E-state index contributed by atoms with van der Waals surface area (Å²) in [4.78, 5) is 0. The molecule has 18 heavy (non-hydrogen) atoms. The lowest BCUT2D eigenvalue weighted by molar-refractivity contribution is -0.274. The fourth-order valence-corrected chi connectivity index (χ4v) is 1.40. The van der Waals surface area contributed by atoms with Crippen molar-refractivity contribution < 1.29 is 17.9 Å². The van der Waals surface area contributed by atoms with Gasteiger partial charge in [0.2, 0.25) is 0 Å². The molecular weight excluding hydrogens is 243 g/mol. The van der Waals surface area contributed by atoms with Crippen LogP contribution in [0.1, 0.15) is 27.2 Å². The van der Waals surface area contributed by atoms with Gasteiger partial charge in [-0.15, -0.1) is 13.2 Å². The summed E-state index contributed by atoms with van der Waals surface area (Å²) in [6, 6.07) is 6.05. The molecule has 0 aliphatic rings. The first kappa shape index (κ1) is 14.7. The molecule has 1 aromatic carbocycles. The Bertz CT molecular complexity index is 383. The Morgan fingerprint density at radius 3 is 2.28 bits per heavy atom. The topological polar surface area (TPSA) is 21.3 Å². The van der Waals surface area contributed by atoms with Gasteiger partial charge in [0.15, 0.2) is 5.75 Å². The molecule has 2 nitrogen and oxygen atoms in total. The number of halogens is 3. The smallest absolute Gasteiger partial charge is 0.404 e. The molecule has 0 fully saturated rings. The zero-order chi connectivity index (χ0) is 13.8. The first-order chi connectivity index (χ1) is 8.17. The van der Waals surface area contributed by atoms with Crippen LogP contribution in [0, 0.1) is 5.41 Å². The van der Waals surface area contributed by atoms with Gasteiger partial charge in [0.05, 0.1) is 5.69 Å². The van der Waals surface area contributed by atoms with E-state index >= 15 is 0 Å². The highest BCUT2D eigenvalue weighted by molar-refractivity contribution is 5.56. The molecule has 0 saturated heterocycles. The molecule has 1 rings (SSSR count). The van der Waals surface area contributed by atoms with Crippen molar-refractivity contribution in [3.63, 3.8) is 0 Å². The molecule has 0 unspecified atom stereocenters. The van der Waals surface area contributed by atoms with Crippen LogP contribution >= 0.6 is 0 Å². The second kappa shape index (κ2) is 5.50. The standard InChI is InChI=1S/C13H18F3NO/c1-12(2,3)8-9-17-10-6-4-5-7-11(10)18-13(14,15)16/h4-7,17H,8-9H2,1-3H3. The van der Waals surface area contributed by atoms with Crippen LogP contribution in [0.25, 0.3) is 0 Å². The van der Waals surface area contributed by atoms with Crippen molar-refractivity contribution in [2.75, 3.05) is 11.9 Å². The second-order valence-electron chi connectivity index (χ2n) is 5.28. The lowest BCUT2D eigenvalue weighted by Crippen LogP contribution is -2.19. The Balaban J connectivity index is 2.65. The summed E-state index contributed by atoms with van der Waals surface area (Å²) in [6.45, 7) is 6.83. The summed E-state index contributed by atoms with van der Waals surface area (Å²) in [6.07, 6.45) is -3.81. The third-order valence-corrected chi connectivity index (χ3v) is 2.30. The van der Waals surface area contributed by atoms with Crippen molar-refractivity contribution >= 4 is 5.69 Å². The summed E-state index contributed by atoms with van der Waals surface area (Å²) < 4.78 is 40.5. The van der Waals surface area contributed by atoms with Gasteiger partial charge >= 0.3 is 6.36 Å². The summed E-state index contributed by atoms with van der Waals surface area (Å²) in [5.74, 6) is -0.195. The molecule has 5 heteroatoms. The highest BCUT2D eigenvalue weighted by atomic mass is 19.4. The molecule has 1 N–H and O–H groups in total. The number of hydrogen-bond acceptors (Lipinski definition) is 2. The molecule has 0 bridgehead atoms. The van der Waals surface area contributed by atoms with Gasteiger partial charge in [-0.2, -0.15) is 0 Å². The summed E-state index contributed by atoms with van der Waals surface area (Å²) in [7, 11) is 0. The van der Waals surface area contributed by atoms with E-state index in [1.165, 1.54) is 12.1 Å². The lowest BCUT2D eigenvalue weighted by Gasteiger charge is -2.20. The monoisotopic (exact) mass is 261 g/mol. The Morgan fingerprint density at radius 2 is 1.72 bits per heavy atom. The number of rotatable bonds is 4. The maximum Gasteiger partial charge on any atom is 0.573 e. The second-order valence-corrected chi connectivity index (χ2v) is 5.28. The Kier molecular flexibility index (Phi) is 4.48. The minimum absolute atomic E-state index is 0.132. The van der Waals surface area contributed by atoms with Crippen LogP contribution in [-0.4, -0.2) is 12.9 Å². The van der Waals surface area contributed by atoms with E-state index in [9.17, 15) is 13.2 Å². The summed E-state index contributed by atoms with van der Waals surface area (Å²) >= 11 is 0. The fourth-order valence-electron chi connectivity index (χ4n) is 1.40. The van der Waals surface area contributed by atoms with Crippen molar-refractivity contribution in [3.8, 4) is 5.75 Å². The van der Waals surface area contributed by atoms with Gasteiger partial charge in [-0.05, 0) is 24.0 Å². The van der Waals surface area contributed by atoms with Crippen molar-refractivity contribution in [2.24, 2.45) is 5.41 Å². The van der Waals surface area contributed by atoms with Crippen LogP contribution in [0.2, 0.25) is 0 Å². The number of para-hydroxylation sites is 2. The molecule has 0 atom stereocenters. The lowest BCUT2D eigenvalue weighted by atomic mass is 9.92. The highest BCUT2D eigenvalue weighted by Crippen LogP contribution is 2.30. The van der Waals surface area contributed by atoms with E-state index in [2.05, 4.69) is 30.8 Å². The maximum absolute atomic E-state index is 12.2. The van der Waals surface area contributed by atoms with E-state index in [0.717, 1.165) is 6.42 Å². The minimum Gasteiger partial charge on any atom is -0.404 e. The Hall–Kier alpha value is -1.39. The van der Waals surface area contributed by atoms with E-state index in [1.54, 1.807) is 12.1 Å². The highest BCUT2D eigenvalue weighted by Gasteiger charge is 2.32. The van der Waals surface area contributed by atoms with Gasteiger partial charge in [0, 0.05) is 6.54 Å². The van der Waals surface area contributed by atoms with Crippen LogP contribution in [0.3, 0.4) is 0 Å². The van der Waals surface area contributed by atoms with Crippen molar-refractivity contribution in [2.45, 2.75) is 33.6 Å². The molecule has 0 heterocycles. The predicted molar refractivity (Wildman–Crippen MR) is 65.7 cm³/mol. The largest absolute Gasteiger partial charge is 0.573 e. The van der Waals surface area contributed by atoms with Crippen LogP contribution < -0.4 is 10.1 Å². The van der Waals surface area contributed by atoms with Crippen molar-refractivity contribution in [1.82, 2.24) is 0 Å². The molecule has 0 spiro atoms. The third kappa shape index (κ3) is 5.80. The zero-order valence-corrected chi connectivity index (χ0v) is 10.8. The van der Waals surface area contributed by atoms with Crippen LogP contribution in [0.15, 0.2) is 24.3 Å². The predicted octanol–water partition coefficient (Wildman–Crippen LogP) is 4.43. The molecule has 0 radical (unpaired) electrons. The first-order valence-electron chi connectivity index (χ1n) is 5.76. The molecule has 0 aliphatic carbocycles. The van der Waals surface area contributed by atoms with E-state index in [1.807, 2.05) is 0 Å². The number of nitrogens with one attached hydrogen (secondary N) is 1. The molecule has 0 saturated carbocycles. The number of alkyl halides is 3. The van der Waals surface area contributed by atoms with E-state index in [0.29, 0.717) is 12.2 Å². The summed E-state index contributed by atoms with van der Waals surface area (Å²) in [5.41, 5.74) is 0.492. The summed E-state index contributed by atoms with van der Waals surface area (Å²) in [5, 5.41) is 2.97. The van der Waals surface area contributed by atoms with E-state index in [4.69, 9.17) is 0 Å². The van der Waals surface area contributed by atoms with Gasteiger partial charge in [0.1, 0.15) is 0 Å². The van der Waals surface area contributed by atoms with Crippen LogP contribution in [0.5, 0.6) is 5.75 Å². The normalized spacial score (nSPS) is 12.3. The first-order valence-corrected chi connectivity index (χ1v) is 5.76. The van der Waals surface area contributed by atoms with Gasteiger partial charge in [-0.1, -0.05) is 32.9 Å². The van der Waals surface area contributed by atoms with Crippen LogP contribution in [0.4, 0.5) is 18.9 Å². The van der Waals surface area contributed by atoms with Gasteiger partial charge in [-0.25, -0.2) is 0 Å². The van der Waals surface area contributed by atoms with Gasteiger partial charge in [-0.3, -0.25) is 0 Å². The maximum atomic E-state index is 12.2. The molecule has 0 amide bonds. The molecule has 0 aromatic heterocycles. The van der Waals surface area contributed by atoms with Gasteiger partial charge < -0.3 is 10.1 Å². The number of anilines is 1. The van der Waals surface area contributed by atoms with Gasteiger partial charge in [0.25, 0.3) is 0 Å². The molecule has 0 aliphatic heterocycles. The average molecular weight is 261 g/mol. The SMILES string of the molecule is CC(C)(C)CCNc1ccccc1OC(F)(F)F. The van der Waals surface area contributed by atoms with Crippen molar-refractivity contribution in [1.29, 1.82) is 0 Å². The number of ether oxygens (including phenoxy) is 1. The molecular formula is C13H18F3NO. The minimum atomic E-state index is -4.66. The number of hydrogen-bond donors (Lipinski definition) is 1. The van der Waals surface area contributed by atoms with Crippen LogP contribution in [-0.2, 0) is 0 Å². The average Bonchev–Trinajstić information content (AvgIpc) is 2.16. The number of benzene rings is 1.